The molecule has 0 aromatic heterocycles. The molecule has 1 atom stereocenters. The number of ether oxygens (including phenoxy) is 1. The zero-order valence-electron chi connectivity index (χ0n) is 9.09. The number of hydrogen-bond acceptors (Lipinski definition) is 3. The fourth-order valence-electron chi connectivity index (χ4n) is 1.40. The summed E-state index contributed by atoms with van der Waals surface area (Å²) in [5.74, 6) is 0.501. The summed E-state index contributed by atoms with van der Waals surface area (Å²) in [6, 6.07) is 2.80. The second-order valence-electron chi connectivity index (χ2n) is 3.52. The van der Waals surface area contributed by atoms with Gasteiger partial charge in [-0.05, 0) is 18.6 Å². The van der Waals surface area contributed by atoms with Crippen molar-refractivity contribution in [1.82, 2.24) is 0 Å². The maximum Gasteiger partial charge on any atom is 0.138 e. The highest BCUT2D eigenvalue weighted by atomic mass is 35.5. The van der Waals surface area contributed by atoms with Crippen molar-refractivity contribution in [3.05, 3.63) is 27.7 Å². The molecule has 0 aliphatic heterocycles. The number of hydrogen-bond donors (Lipinski definition) is 1. The second kappa shape index (κ2) is 5.53. The normalized spacial score (nSPS) is 12.3. The topological polar surface area (TPSA) is 52.3 Å². The Balaban J connectivity index is 3.05. The highest BCUT2D eigenvalue weighted by Gasteiger charge is 2.15. The number of halogens is 2. The molecule has 1 aromatic carbocycles. The molecule has 0 saturated carbocycles. The van der Waals surface area contributed by atoms with E-state index in [2.05, 4.69) is 0 Å². The van der Waals surface area contributed by atoms with Gasteiger partial charge in [-0.2, -0.15) is 0 Å². The van der Waals surface area contributed by atoms with Crippen LogP contribution in [0.25, 0.3) is 0 Å². The summed E-state index contributed by atoms with van der Waals surface area (Å²) in [6.45, 7) is 1.49. The molecule has 1 rings (SSSR count). The van der Waals surface area contributed by atoms with E-state index in [4.69, 9.17) is 33.7 Å². The Labute approximate surface area is 104 Å². The molecule has 0 fully saturated rings. The molecule has 16 heavy (non-hydrogen) atoms. The molecule has 1 unspecified atom stereocenters. The smallest absolute Gasteiger partial charge is 0.138 e. The zero-order valence-corrected chi connectivity index (χ0v) is 10.6. The van der Waals surface area contributed by atoms with Crippen LogP contribution in [-0.4, -0.2) is 12.9 Å². The first-order valence-corrected chi connectivity index (χ1v) is 5.49. The van der Waals surface area contributed by atoms with Gasteiger partial charge in [-0.3, -0.25) is 4.79 Å². The van der Waals surface area contributed by atoms with Crippen molar-refractivity contribution >= 4 is 29.0 Å². The number of rotatable bonds is 4. The predicted molar refractivity (Wildman–Crippen MR) is 65.2 cm³/mol. The van der Waals surface area contributed by atoms with Crippen LogP contribution in [0.15, 0.2) is 12.1 Å². The molecule has 5 heteroatoms. The lowest BCUT2D eigenvalue weighted by Crippen LogP contribution is -2.14. The lowest BCUT2D eigenvalue weighted by atomic mass is 10.0. The van der Waals surface area contributed by atoms with Gasteiger partial charge in [0.2, 0.25) is 0 Å². The van der Waals surface area contributed by atoms with Gasteiger partial charge in [0.15, 0.2) is 0 Å². The van der Waals surface area contributed by atoms with Gasteiger partial charge in [-0.15, -0.1) is 0 Å². The summed E-state index contributed by atoms with van der Waals surface area (Å²) >= 11 is 12.0. The summed E-state index contributed by atoms with van der Waals surface area (Å²) in [5.41, 5.74) is 6.51. The highest BCUT2D eigenvalue weighted by molar-refractivity contribution is 6.34. The van der Waals surface area contributed by atoms with Gasteiger partial charge in [0, 0.05) is 23.6 Å². The maximum atomic E-state index is 11.0. The van der Waals surface area contributed by atoms with Crippen LogP contribution >= 0.6 is 23.2 Å². The summed E-state index contributed by atoms with van der Waals surface area (Å²) in [4.78, 5) is 11.0. The molecule has 0 spiro atoms. The Hall–Kier alpha value is -0.770. The molecule has 3 nitrogen and oxygen atoms in total. The lowest BCUT2D eigenvalue weighted by molar-refractivity contribution is -0.117. The third-order valence-corrected chi connectivity index (χ3v) is 2.80. The Bertz CT molecular complexity index is 407. The van der Waals surface area contributed by atoms with Crippen molar-refractivity contribution in [3.63, 3.8) is 0 Å². The molecule has 0 amide bonds. The van der Waals surface area contributed by atoms with Crippen LogP contribution in [0.3, 0.4) is 0 Å². The number of carbonyl (C=O) groups excluding carboxylic acids is 1. The van der Waals surface area contributed by atoms with E-state index in [-0.39, 0.29) is 12.2 Å². The van der Waals surface area contributed by atoms with E-state index >= 15 is 0 Å². The lowest BCUT2D eigenvalue weighted by Gasteiger charge is -2.14. The van der Waals surface area contributed by atoms with E-state index < -0.39 is 6.04 Å². The number of nitrogens with two attached hydrogens (primary N) is 1. The number of methoxy groups -OCH3 is 1. The van der Waals surface area contributed by atoms with Gasteiger partial charge in [0.25, 0.3) is 0 Å². The molecular weight excluding hydrogens is 249 g/mol. The van der Waals surface area contributed by atoms with Crippen LogP contribution in [0.2, 0.25) is 10.0 Å². The van der Waals surface area contributed by atoms with Crippen LogP contribution in [-0.2, 0) is 4.79 Å². The Morgan fingerprint density at radius 2 is 2.06 bits per heavy atom. The minimum absolute atomic E-state index is 0.00973. The van der Waals surface area contributed by atoms with E-state index in [1.807, 2.05) is 0 Å². The van der Waals surface area contributed by atoms with Gasteiger partial charge in [-0.25, -0.2) is 0 Å². The molecule has 88 valence electrons. The van der Waals surface area contributed by atoms with Crippen LogP contribution in [0, 0.1) is 0 Å². The number of Topliss-reactive ketones (excluding diaryl/α,β-unsaturated/α-hetero) is 1. The van der Waals surface area contributed by atoms with Gasteiger partial charge >= 0.3 is 0 Å². The molecule has 0 bridgehead atoms. The van der Waals surface area contributed by atoms with Crippen molar-refractivity contribution in [3.8, 4) is 5.75 Å². The van der Waals surface area contributed by atoms with Crippen molar-refractivity contribution in [2.75, 3.05) is 7.11 Å². The summed E-state index contributed by atoms with van der Waals surface area (Å²) < 4.78 is 5.02. The highest BCUT2D eigenvalue weighted by Crippen LogP contribution is 2.34. The first kappa shape index (κ1) is 13.3. The summed E-state index contributed by atoms with van der Waals surface area (Å²) in [7, 11) is 1.51. The van der Waals surface area contributed by atoms with Gasteiger partial charge in [-0.1, -0.05) is 23.2 Å². The SMILES string of the molecule is COc1cc(Cl)c(C(N)CC(C)=O)cc1Cl. The number of carbonyl (C=O) groups is 1. The molecule has 0 saturated heterocycles. The van der Waals surface area contributed by atoms with Crippen molar-refractivity contribution < 1.29 is 9.53 Å². The number of ketones is 1. The van der Waals surface area contributed by atoms with Crippen molar-refractivity contribution in [2.45, 2.75) is 19.4 Å². The predicted octanol–water partition coefficient (Wildman–Crippen LogP) is 2.98. The zero-order chi connectivity index (χ0) is 12.3. The molecule has 2 N–H and O–H groups in total. The van der Waals surface area contributed by atoms with E-state index in [0.29, 0.717) is 21.4 Å². The van der Waals surface area contributed by atoms with Gasteiger partial charge in [0.05, 0.1) is 12.1 Å². The van der Waals surface area contributed by atoms with Crippen LogP contribution in [0.1, 0.15) is 24.9 Å². The van der Waals surface area contributed by atoms with E-state index in [1.165, 1.54) is 14.0 Å². The summed E-state index contributed by atoms with van der Waals surface area (Å²) in [6.07, 6.45) is 0.238. The Kier molecular flexibility index (Phi) is 4.59. The standard InChI is InChI=1S/C11H13Cl2NO2/c1-6(15)3-10(14)7-4-9(13)11(16-2)5-8(7)12/h4-5,10H,3,14H2,1-2H3. The Morgan fingerprint density at radius 1 is 1.44 bits per heavy atom. The summed E-state index contributed by atoms with van der Waals surface area (Å²) in [5, 5.41) is 0.885. The molecule has 0 heterocycles. The largest absolute Gasteiger partial charge is 0.495 e. The first-order valence-electron chi connectivity index (χ1n) is 4.73. The number of benzene rings is 1. The monoisotopic (exact) mass is 261 g/mol. The van der Waals surface area contributed by atoms with Crippen LogP contribution < -0.4 is 10.5 Å². The fraction of sp³-hybridized carbons (Fsp3) is 0.364. The third-order valence-electron chi connectivity index (χ3n) is 2.18. The molecule has 1 aromatic rings. The third kappa shape index (κ3) is 3.11. The van der Waals surface area contributed by atoms with Gasteiger partial charge < -0.3 is 10.5 Å². The minimum atomic E-state index is -0.437. The average Bonchev–Trinajstić information content (AvgIpc) is 2.19. The molecular formula is C11H13Cl2NO2. The van der Waals surface area contributed by atoms with E-state index in [9.17, 15) is 4.79 Å². The minimum Gasteiger partial charge on any atom is -0.495 e. The van der Waals surface area contributed by atoms with Gasteiger partial charge in [0.1, 0.15) is 11.5 Å². The average molecular weight is 262 g/mol. The quantitative estimate of drug-likeness (QED) is 0.907. The molecule has 0 radical (unpaired) electrons. The Morgan fingerprint density at radius 3 is 2.56 bits per heavy atom. The van der Waals surface area contributed by atoms with Crippen molar-refractivity contribution in [1.29, 1.82) is 0 Å². The molecule has 0 aliphatic rings. The van der Waals surface area contributed by atoms with E-state index in [1.54, 1.807) is 12.1 Å². The second-order valence-corrected chi connectivity index (χ2v) is 4.34. The fourth-order valence-corrected chi connectivity index (χ4v) is 1.95. The van der Waals surface area contributed by atoms with Crippen molar-refractivity contribution in [2.24, 2.45) is 5.73 Å². The van der Waals surface area contributed by atoms with Crippen LogP contribution in [0.5, 0.6) is 5.75 Å². The first-order chi connectivity index (χ1) is 7.45. The van der Waals surface area contributed by atoms with E-state index in [0.717, 1.165) is 0 Å². The maximum absolute atomic E-state index is 11.0. The molecule has 0 aliphatic carbocycles. The van der Waals surface area contributed by atoms with Crippen LogP contribution in [0.4, 0.5) is 0 Å².